The molecule has 0 radical (unpaired) electrons. The maximum absolute atomic E-state index is 13.3. The summed E-state index contributed by atoms with van der Waals surface area (Å²) in [7, 11) is 1.33. The molecule has 2 aromatic rings. The van der Waals surface area contributed by atoms with Gasteiger partial charge in [0.25, 0.3) is 0 Å². The van der Waals surface area contributed by atoms with Crippen LogP contribution in [-0.4, -0.2) is 59.1 Å². The smallest absolute Gasteiger partial charge is 0.410 e. The minimum absolute atomic E-state index is 0.0915. The van der Waals surface area contributed by atoms with E-state index in [0.717, 1.165) is 5.56 Å². The Morgan fingerprint density at radius 2 is 1.78 bits per heavy atom. The van der Waals surface area contributed by atoms with E-state index in [1.165, 1.54) is 7.11 Å². The van der Waals surface area contributed by atoms with Gasteiger partial charge in [-0.25, -0.2) is 9.59 Å². The summed E-state index contributed by atoms with van der Waals surface area (Å²) in [5, 5.41) is 0. The number of pyridine rings is 1. The van der Waals surface area contributed by atoms with E-state index < -0.39 is 17.2 Å². The second kappa shape index (κ2) is 7.93. The number of hydrogen-bond acceptors (Lipinski definition) is 7. The number of amides is 1. The molecule has 168 valence electrons. The van der Waals surface area contributed by atoms with Gasteiger partial charge >= 0.3 is 12.1 Å². The summed E-state index contributed by atoms with van der Waals surface area (Å²) >= 11 is 0. The van der Waals surface area contributed by atoms with Crippen LogP contribution in [0.25, 0.3) is 11.3 Å². The van der Waals surface area contributed by atoms with E-state index in [0.29, 0.717) is 48.5 Å². The summed E-state index contributed by atoms with van der Waals surface area (Å²) in [6.45, 7) is 6.23. The van der Waals surface area contributed by atoms with Crippen molar-refractivity contribution in [1.82, 2.24) is 9.88 Å². The van der Waals surface area contributed by atoms with Crippen LogP contribution in [0.15, 0.2) is 36.5 Å². The standard InChI is InChI=1S/C24H26N2O6/c1-23(2,3)32-22(29)26-11-9-24(10-12-26)20(27)17-13-18(25-14-19(17)31-24)15-5-7-16(8-6-15)21(28)30-4/h5-8,13-14H,9-12H2,1-4H3. The summed E-state index contributed by atoms with van der Waals surface area (Å²) in [5.41, 5.74) is 0.759. The summed E-state index contributed by atoms with van der Waals surface area (Å²) in [4.78, 5) is 43.3. The van der Waals surface area contributed by atoms with Crippen molar-refractivity contribution in [3.05, 3.63) is 47.7 Å². The molecule has 2 aliphatic heterocycles. The molecule has 1 aromatic carbocycles. The molecule has 0 bridgehead atoms. The van der Waals surface area contributed by atoms with Crippen LogP contribution in [0.4, 0.5) is 4.79 Å². The molecular weight excluding hydrogens is 412 g/mol. The molecule has 8 nitrogen and oxygen atoms in total. The van der Waals surface area contributed by atoms with Gasteiger partial charge in [0.1, 0.15) is 11.4 Å². The number of esters is 1. The first-order valence-electron chi connectivity index (χ1n) is 10.5. The van der Waals surface area contributed by atoms with Crippen LogP contribution in [0.5, 0.6) is 5.75 Å². The summed E-state index contributed by atoms with van der Waals surface area (Å²) < 4.78 is 16.2. The molecule has 0 N–H and O–H groups in total. The quantitative estimate of drug-likeness (QED) is 0.657. The minimum Gasteiger partial charge on any atom is -0.477 e. The Bertz CT molecular complexity index is 1060. The number of likely N-dealkylation sites (tertiary alicyclic amines) is 1. The maximum Gasteiger partial charge on any atom is 0.410 e. The predicted molar refractivity (Wildman–Crippen MR) is 116 cm³/mol. The number of ether oxygens (including phenoxy) is 3. The number of hydrogen-bond donors (Lipinski definition) is 0. The number of methoxy groups -OCH3 is 1. The molecule has 3 heterocycles. The molecule has 8 heteroatoms. The number of nitrogens with zero attached hydrogens (tertiary/aromatic N) is 2. The molecule has 1 spiro atoms. The number of rotatable bonds is 2. The van der Waals surface area contributed by atoms with Gasteiger partial charge in [-0.05, 0) is 39.0 Å². The third kappa shape index (κ3) is 4.04. The number of Topliss-reactive ketones (excluding diaryl/α,β-unsaturated/α-hetero) is 1. The average molecular weight is 438 g/mol. The lowest BCUT2D eigenvalue weighted by molar-refractivity contribution is -0.00480. The van der Waals surface area contributed by atoms with Gasteiger partial charge in [0.15, 0.2) is 5.60 Å². The van der Waals surface area contributed by atoms with E-state index in [1.54, 1.807) is 41.4 Å². The van der Waals surface area contributed by atoms with Crippen molar-refractivity contribution in [3.63, 3.8) is 0 Å². The monoisotopic (exact) mass is 438 g/mol. The van der Waals surface area contributed by atoms with Crippen molar-refractivity contribution < 1.29 is 28.6 Å². The van der Waals surface area contributed by atoms with Crippen molar-refractivity contribution in [2.45, 2.75) is 44.8 Å². The van der Waals surface area contributed by atoms with Gasteiger partial charge in [0, 0.05) is 31.5 Å². The fraction of sp³-hybridized carbons (Fsp3) is 0.417. The Morgan fingerprint density at radius 1 is 1.12 bits per heavy atom. The second-order valence-electron chi connectivity index (χ2n) is 9.03. The zero-order valence-corrected chi connectivity index (χ0v) is 18.6. The van der Waals surface area contributed by atoms with Crippen LogP contribution in [0.2, 0.25) is 0 Å². The summed E-state index contributed by atoms with van der Waals surface area (Å²) in [6.07, 6.45) is 1.96. The summed E-state index contributed by atoms with van der Waals surface area (Å²) in [6, 6.07) is 8.55. The second-order valence-corrected chi connectivity index (χ2v) is 9.03. The molecular formula is C24H26N2O6. The molecule has 2 aliphatic rings. The van der Waals surface area contributed by atoms with Gasteiger partial charge < -0.3 is 19.1 Å². The molecule has 4 rings (SSSR count). The van der Waals surface area contributed by atoms with E-state index in [1.807, 2.05) is 20.8 Å². The highest BCUT2D eigenvalue weighted by Gasteiger charge is 2.50. The lowest BCUT2D eigenvalue weighted by atomic mass is 9.86. The molecule has 0 saturated carbocycles. The zero-order valence-electron chi connectivity index (χ0n) is 18.6. The highest BCUT2D eigenvalue weighted by Crippen LogP contribution is 2.42. The van der Waals surface area contributed by atoms with Crippen LogP contribution >= 0.6 is 0 Å². The Balaban J connectivity index is 1.49. The number of benzene rings is 1. The fourth-order valence-electron chi connectivity index (χ4n) is 3.96. The molecule has 1 amide bonds. The first kappa shape index (κ1) is 21.8. The molecule has 1 saturated heterocycles. The first-order chi connectivity index (χ1) is 15.1. The molecule has 32 heavy (non-hydrogen) atoms. The molecule has 1 fully saturated rings. The maximum atomic E-state index is 13.3. The van der Waals surface area contributed by atoms with Gasteiger partial charge in [-0.2, -0.15) is 0 Å². The SMILES string of the molecule is COC(=O)c1ccc(-c2cc3c(cn2)OC2(CCN(C(=O)OC(C)(C)C)CC2)C3=O)cc1. The number of ketones is 1. The van der Waals surface area contributed by atoms with E-state index >= 15 is 0 Å². The van der Waals surface area contributed by atoms with E-state index in [-0.39, 0.29) is 11.9 Å². The highest BCUT2D eigenvalue weighted by molar-refractivity contribution is 6.08. The first-order valence-corrected chi connectivity index (χ1v) is 10.5. The van der Waals surface area contributed by atoms with Crippen LogP contribution in [0.3, 0.4) is 0 Å². The van der Waals surface area contributed by atoms with Crippen LogP contribution < -0.4 is 4.74 Å². The van der Waals surface area contributed by atoms with Crippen molar-refractivity contribution in [3.8, 4) is 17.0 Å². The van der Waals surface area contributed by atoms with Crippen molar-refractivity contribution in [2.24, 2.45) is 0 Å². The molecule has 0 unspecified atom stereocenters. The van der Waals surface area contributed by atoms with Crippen LogP contribution in [0, 0.1) is 0 Å². The Morgan fingerprint density at radius 3 is 2.38 bits per heavy atom. The minimum atomic E-state index is -0.976. The van der Waals surface area contributed by atoms with Gasteiger partial charge in [0.2, 0.25) is 5.78 Å². The average Bonchev–Trinajstić information content (AvgIpc) is 3.03. The van der Waals surface area contributed by atoms with Gasteiger partial charge in [0.05, 0.1) is 30.1 Å². The Kier molecular flexibility index (Phi) is 5.40. The number of carbonyl (C=O) groups is 3. The van der Waals surface area contributed by atoms with Crippen molar-refractivity contribution in [2.75, 3.05) is 20.2 Å². The number of carbonyl (C=O) groups excluding carboxylic acids is 3. The number of fused-ring (bicyclic) bond motifs is 1. The topological polar surface area (TPSA) is 95.0 Å². The van der Waals surface area contributed by atoms with Gasteiger partial charge in [-0.1, -0.05) is 12.1 Å². The van der Waals surface area contributed by atoms with Gasteiger partial charge in [-0.15, -0.1) is 0 Å². The predicted octanol–water partition coefficient (Wildman–Crippen LogP) is 3.88. The highest BCUT2D eigenvalue weighted by atomic mass is 16.6. The molecule has 0 atom stereocenters. The van der Waals surface area contributed by atoms with Crippen molar-refractivity contribution in [1.29, 1.82) is 0 Å². The normalized spacial score (nSPS) is 17.0. The molecule has 0 aliphatic carbocycles. The fourth-order valence-corrected chi connectivity index (χ4v) is 3.96. The van der Waals surface area contributed by atoms with E-state index in [9.17, 15) is 14.4 Å². The number of aromatic nitrogens is 1. The van der Waals surface area contributed by atoms with Crippen LogP contribution in [0.1, 0.15) is 54.3 Å². The third-order valence-corrected chi connectivity index (χ3v) is 5.66. The largest absolute Gasteiger partial charge is 0.477 e. The lowest BCUT2D eigenvalue weighted by Crippen LogP contribution is -2.52. The zero-order chi connectivity index (χ0) is 23.1. The molecule has 1 aromatic heterocycles. The van der Waals surface area contributed by atoms with Crippen LogP contribution in [-0.2, 0) is 9.47 Å². The Labute approximate surface area is 186 Å². The lowest BCUT2D eigenvalue weighted by Gasteiger charge is -2.37. The van der Waals surface area contributed by atoms with Crippen molar-refractivity contribution >= 4 is 17.8 Å². The van der Waals surface area contributed by atoms with Gasteiger partial charge in [-0.3, -0.25) is 9.78 Å². The summed E-state index contributed by atoms with van der Waals surface area (Å²) in [5.74, 6) is -0.0523. The van der Waals surface area contributed by atoms with E-state index in [4.69, 9.17) is 14.2 Å². The third-order valence-electron chi connectivity index (χ3n) is 5.66. The van der Waals surface area contributed by atoms with E-state index in [2.05, 4.69) is 4.98 Å². The Hall–Kier alpha value is -3.42. The number of piperidine rings is 1.